The molecule has 0 bridgehead atoms. The van der Waals surface area contributed by atoms with Gasteiger partial charge in [-0.05, 0) is 16.7 Å². The van der Waals surface area contributed by atoms with E-state index in [0.717, 1.165) is 16.7 Å². The van der Waals surface area contributed by atoms with Crippen LogP contribution in [0.15, 0.2) is 54.6 Å². The summed E-state index contributed by atoms with van der Waals surface area (Å²) < 4.78 is 0. The van der Waals surface area contributed by atoms with Crippen LogP contribution in [0.25, 0.3) is 0 Å². The summed E-state index contributed by atoms with van der Waals surface area (Å²) in [5.74, 6) is -0.0613. The zero-order chi connectivity index (χ0) is 16.5. The van der Waals surface area contributed by atoms with E-state index in [1.54, 1.807) is 0 Å². The molecule has 0 heterocycles. The number of amides is 3. The maximum absolute atomic E-state index is 11.8. The lowest BCUT2D eigenvalue weighted by atomic mass is 10.1. The maximum atomic E-state index is 11.8. The number of hydrogen-bond acceptors (Lipinski definition) is 2. The highest BCUT2D eigenvalue weighted by Gasteiger charge is 2.02. The molecule has 0 spiro atoms. The van der Waals surface area contributed by atoms with Gasteiger partial charge in [-0.3, -0.25) is 4.79 Å². The van der Waals surface area contributed by atoms with Gasteiger partial charge in [-0.25, -0.2) is 4.79 Å². The van der Waals surface area contributed by atoms with E-state index in [0.29, 0.717) is 19.6 Å². The smallest absolute Gasteiger partial charge is 0.315 e. The number of rotatable bonds is 6. The van der Waals surface area contributed by atoms with Gasteiger partial charge >= 0.3 is 6.03 Å². The molecule has 120 valence electrons. The van der Waals surface area contributed by atoms with Gasteiger partial charge in [0.2, 0.25) is 5.91 Å². The van der Waals surface area contributed by atoms with Crippen molar-refractivity contribution in [3.8, 4) is 0 Å². The van der Waals surface area contributed by atoms with Crippen molar-refractivity contribution in [2.75, 3.05) is 0 Å². The monoisotopic (exact) mass is 311 g/mol. The molecule has 2 aromatic rings. The molecule has 0 aromatic heterocycles. The summed E-state index contributed by atoms with van der Waals surface area (Å²) in [7, 11) is 0. The molecule has 3 N–H and O–H groups in total. The fourth-order valence-electron chi connectivity index (χ4n) is 2.10. The Morgan fingerprint density at radius 1 is 0.739 bits per heavy atom. The molecule has 0 fully saturated rings. The average Bonchev–Trinajstić information content (AvgIpc) is 2.57. The molecule has 23 heavy (non-hydrogen) atoms. The van der Waals surface area contributed by atoms with Gasteiger partial charge in [0.25, 0.3) is 0 Å². The second-order valence-electron chi connectivity index (χ2n) is 5.25. The Balaban J connectivity index is 1.77. The van der Waals surface area contributed by atoms with Crippen LogP contribution in [-0.4, -0.2) is 11.9 Å². The summed E-state index contributed by atoms with van der Waals surface area (Å²) in [6.07, 6.45) is 0. The Morgan fingerprint density at radius 2 is 1.26 bits per heavy atom. The van der Waals surface area contributed by atoms with E-state index in [1.807, 2.05) is 54.6 Å². The van der Waals surface area contributed by atoms with E-state index in [-0.39, 0.29) is 11.9 Å². The van der Waals surface area contributed by atoms with Crippen LogP contribution >= 0.6 is 0 Å². The summed E-state index contributed by atoms with van der Waals surface area (Å²) >= 11 is 0. The lowest BCUT2D eigenvalue weighted by molar-refractivity contribution is -0.119. The molecule has 3 amide bonds. The first-order chi connectivity index (χ1) is 11.1. The van der Waals surface area contributed by atoms with Crippen molar-refractivity contribution in [3.63, 3.8) is 0 Å². The van der Waals surface area contributed by atoms with Crippen molar-refractivity contribution in [2.24, 2.45) is 0 Å². The molecule has 2 aromatic carbocycles. The zero-order valence-electron chi connectivity index (χ0n) is 13.1. The molecule has 0 saturated heterocycles. The summed E-state index contributed by atoms with van der Waals surface area (Å²) in [5, 5.41) is 8.39. The third kappa shape index (κ3) is 6.22. The summed E-state index contributed by atoms with van der Waals surface area (Å²) in [6.45, 7) is 2.91. The minimum Gasteiger partial charge on any atom is -0.352 e. The van der Waals surface area contributed by atoms with Crippen molar-refractivity contribution in [1.29, 1.82) is 0 Å². The van der Waals surface area contributed by atoms with Gasteiger partial charge in [-0.1, -0.05) is 54.6 Å². The first kappa shape index (κ1) is 16.5. The van der Waals surface area contributed by atoms with E-state index >= 15 is 0 Å². The fraction of sp³-hybridized carbons (Fsp3) is 0.222. The molecule has 5 heteroatoms. The highest BCUT2D eigenvalue weighted by molar-refractivity contribution is 5.74. The number of urea groups is 1. The van der Waals surface area contributed by atoms with E-state index < -0.39 is 0 Å². The topological polar surface area (TPSA) is 70.2 Å². The Kier molecular flexibility index (Phi) is 6.17. The molecule has 0 radical (unpaired) electrons. The van der Waals surface area contributed by atoms with Crippen LogP contribution in [0.4, 0.5) is 4.79 Å². The minimum absolute atomic E-state index is 0.0613. The predicted octanol–water partition coefficient (Wildman–Crippen LogP) is 2.32. The van der Waals surface area contributed by atoms with Gasteiger partial charge < -0.3 is 16.0 Å². The van der Waals surface area contributed by atoms with Gasteiger partial charge in [-0.2, -0.15) is 0 Å². The third-order valence-corrected chi connectivity index (χ3v) is 3.28. The zero-order valence-corrected chi connectivity index (χ0v) is 13.1. The van der Waals surface area contributed by atoms with Crippen LogP contribution < -0.4 is 16.0 Å². The molecule has 5 nitrogen and oxygen atoms in total. The molecule has 0 aliphatic rings. The Hall–Kier alpha value is -2.82. The van der Waals surface area contributed by atoms with Crippen LogP contribution in [0.5, 0.6) is 0 Å². The predicted molar refractivity (Wildman–Crippen MR) is 89.5 cm³/mol. The highest BCUT2D eigenvalue weighted by atomic mass is 16.2. The van der Waals surface area contributed by atoms with Gasteiger partial charge in [0.15, 0.2) is 0 Å². The quantitative estimate of drug-likeness (QED) is 0.766. The Bertz CT molecular complexity index is 656. The van der Waals surface area contributed by atoms with Crippen LogP contribution in [0.1, 0.15) is 23.6 Å². The van der Waals surface area contributed by atoms with Gasteiger partial charge in [0, 0.05) is 26.6 Å². The van der Waals surface area contributed by atoms with Crippen LogP contribution in [0, 0.1) is 0 Å². The highest BCUT2D eigenvalue weighted by Crippen LogP contribution is 2.05. The SMILES string of the molecule is CC(=O)NCc1cccc(CNC(=O)NCc2ccccc2)c1. The van der Waals surface area contributed by atoms with E-state index in [1.165, 1.54) is 6.92 Å². The fourth-order valence-corrected chi connectivity index (χ4v) is 2.10. The molecule has 0 atom stereocenters. The van der Waals surface area contributed by atoms with Crippen LogP contribution in [0.3, 0.4) is 0 Å². The van der Waals surface area contributed by atoms with Gasteiger partial charge in [0.05, 0.1) is 0 Å². The average molecular weight is 311 g/mol. The minimum atomic E-state index is -0.207. The van der Waals surface area contributed by atoms with Gasteiger partial charge in [0.1, 0.15) is 0 Å². The largest absolute Gasteiger partial charge is 0.352 e. The lowest BCUT2D eigenvalue weighted by Gasteiger charge is -2.09. The number of carbonyl (C=O) groups excluding carboxylic acids is 2. The first-order valence-electron chi connectivity index (χ1n) is 7.51. The third-order valence-electron chi connectivity index (χ3n) is 3.28. The number of carbonyl (C=O) groups is 2. The van der Waals surface area contributed by atoms with Crippen LogP contribution in [-0.2, 0) is 24.4 Å². The van der Waals surface area contributed by atoms with Crippen molar-refractivity contribution < 1.29 is 9.59 Å². The Labute approximate surface area is 136 Å². The van der Waals surface area contributed by atoms with E-state index in [9.17, 15) is 9.59 Å². The van der Waals surface area contributed by atoms with Crippen molar-refractivity contribution in [2.45, 2.75) is 26.6 Å². The maximum Gasteiger partial charge on any atom is 0.315 e. The first-order valence-corrected chi connectivity index (χ1v) is 7.51. The number of benzene rings is 2. The molecule has 0 saturated carbocycles. The normalized spacial score (nSPS) is 9.96. The van der Waals surface area contributed by atoms with Crippen molar-refractivity contribution in [3.05, 3.63) is 71.3 Å². The van der Waals surface area contributed by atoms with Crippen molar-refractivity contribution in [1.82, 2.24) is 16.0 Å². The second kappa shape index (κ2) is 8.58. The Morgan fingerprint density at radius 3 is 1.87 bits per heavy atom. The molecule has 2 rings (SSSR count). The number of nitrogens with one attached hydrogen (secondary N) is 3. The standard InChI is InChI=1S/C18H21N3O2/c1-14(22)19-12-16-8-5-9-17(10-16)13-21-18(23)20-11-15-6-3-2-4-7-15/h2-10H,11-13H2,1H3,(H,19,22)(H2,20,21,23). The van der Waals surface area contributed by atoms with E-state index in [4.69, 9.17) is 0 Å². The second-order valence-corrected chi connectivity index (χ2v) is 5.25. The van der Waals surface area contributed by atoms with E-state index in [2.05, 4.69) is 16.0 Å². The molecule has 0 unspecified atom stereocenters. The number of hydrogen-bond donors (Lipinski definition) is 3. The lowest BCUT2D eigenvalue weighted by Crippen LogP contribution is -2.34. The molecular formula is C18H21N3O2. The summed E-state index contributed by atoms with van der Waals surface area (Å²) in [6, 6.07) is 17.3. The molecule has 0 aliphatic heterocycles. The van der Waals surface area contributed by atoms with Crippen LogP contribution in [0.2, 0.25) is 0 Å². The van der Waals surface area contributed by atoms with Crippen molar-refractivity contribution >= 4 is 11.9 Å². The molecular weight excluding hydrogens is 290 g/mol. The summed E-state index contributed by atoms with van der Waals surface area (Å²) in [4.78, 5) is 22.7. The summed E-state index contributed by atoms with van der Waals surface area (Å²) in [5.41, 5.74) is 3.05. The molecule has 0 aliphatic carbocycles. The van der Waals surface area contributed by atoms with Gasteiger partial charge in [-0.15, -0.1) is 0 Å².